The normalized spacial score (nSPS) is 25.4. The van der Waals surface area contributed by atoms with Gasteiger partial charge >= 0.3 is 0 Å². The summed E-state index contributed by atoms with van der Waals surface area (Å²) >= 11 is 1.97. The Bertz CT molecular complexity index is 393. The van der Waals surface area contributed by atoms with Crippen molar-refractivity contribution >= 4 is 11.3 Å². The molecule has 0 spiro atoms. The molecular weight excluding hydrogens is 252 g/mol. The van der Waals surface area contributed by atoms with E-state index in [1.165, 1.54) is 51.7 Å². The van der Waals surface area contributed by atoms with E-state index >= 15 is 0 Å². The highest BCUT2D eigenvalue weighted by Crippen LogP contribution is 2.38. The smallest absolute Gasteiger partial charge is 0.0359 e. The Hall–Kier alpha value is -0.380. The SMILES string of the molecule is CCNCC1CCN(C2CCCc3sccc32)CC1. The van der Waals surface area contributed by atoms with Gasteiger partial charge in [0.2, 0.25) is 0 Å². The van der Waals surface area contributed by atoms with Crippen LogP contribution in [0.5, 0.6) is 0 Å². The Labute approximate surface area is 121 Å². The molecule has 0 bridgehead atoms. The maximum atomic E-state index is 3.51. The average molecular weight is 278 g/mol. The molecule has 1 fully saturated rings. The third kappa shape index (κ3) is 3.04. The molecule has 1 aliphatic carbocycles. The number of rotatable bonds is 4. The highest BCUT2D eigenvalue weighted by Gasteiger charge is 2.29. The number of nitrogens with zero attached hydrogens (tertiary/aromatic N) is 1. The largest absolute Gasteiger partial charge is 0.317 e. The van der Waals surface area contributed by atoms with E-state index in [1.54, 1.807) is 10.4 Å². The van der Waals surface area contributed by atoms with E-state index in [0.717, 1.165) is 18.5 Å². The predicted molar refractivity (Wildman–Crippen MR) is 82.8 cm³/mol. The van der Waals surface area contributed by atoms with Crippen LogP contribution in [-0.2, 0) is 6.42 Å². The highest BCUT2D eigenvalue weighted by molar-refractivity contribution is 7.10. The lowest BCUT2D eigenvalue weighted by Crippen LogP contribution is -2.40. The minimum absolute atomic E-state index is 0.732. The summed E-state index contributed by atoms with van der Waals surface area (Å²) < 4.78 is 0. The standard InChI is InChI=1S/C16H26N2S/c1-2-17-12-13-6-9-18(10-7-13)15-4-3-5-16-14(15)8-11-19-16/h8,11,13,15,17H,2-7,9-10,12H2,1H3. The molecule has 1 N–H and O–H groups in total. The summed E-state index contributed by atoms with van der Waals surface area (Å²) in [6.45, 7) is 7.14. The van der Waals surface area contributed by atoms with Crippen molar-refractivity contribution in [2.45, 2.75) is 45.1 Å². The van der Waals surface area contributed by atoms with Gasteiger partial charge in [-0.3, -0.25) is 4.90 Å². The minimum Gasteiger partial charge on any atom is -0.317 e. The van der Waals surface area contributed by atoms with Gasteiger partial charge in [-0.15, -0.1) is 11.3 Å². The van der Waals surface area contributed by atoms with Crippen molar-refractivity contribution in [3.63, 3.8) is 0 Å². The summed E-state index contributed by atoms with van der Waals surface area (Å²) in [5.41, 5.74) is 1.65. The van der Waals surface area contributed by atoms with Gasteiger partial charge in [0.15, 0.2) is 0 Å². The number of fused-ring (bicyclic) bond motifs is 1. The third-order valence-electron chi connectivity index (χ3n) is 4.79. The molecule has 2 heterocycles. The molecule has 3 heteroatoms. The first-order chi connectivity index (χ1) is 9.38. The van der Waals surface area contributed by atoms with E-state index in [4.69, 9.17) is 0 Å². The Morgan fingerprint density at radius 2 is 2.16 bits per heavy atom. The zero-order valence-corrected chi connectivity index (χ0v) is 12.8. The van der Waals surface area contributed by atoms with Crippen molar-refractivity contribution in [1.29, 1.82) is 0 Å². The molecule has 19 heavy (non-hydrogen) atoms. The zero-order chi connectivity index (χ0) is 13.1. The van der Waals surface area contributed by atoms with Crippen LogP contribution in [0.4, 0.5) is 0 Å². The van der Waals surface area contributed by atoms with E-state index in [-0.39, 0.29) is 0 Å². The summed E-state index contributed by atoms with van der Waals surface area (Å²) in [5.74, 6) is 0.904. The molecule has 0 radical (unpaired) electrons. The van der Waals surface area contributed by atoms with Gasteiger partial charge in [0, 0.05) is 10.9 Å². The lowest BCUT2D eigenvalue weighted by molar-refractivity contribution is 0.120. The first-order valence-corrected chi connectivity index (χ1v) is 8.77. The molecule has 3 rings (SSSR count). The number of aryl methyl sites for hydroxylation is 1. The van der Waals surface area contributed by atoms with Crippen molar-refractivity contribution < 1.29 is 0 Å². The zero-order valence-electron chi connectivity index (χ0n) is 12.0. The van der Waals surface area contributed by atoms with Crippen LogP contribution in [0, 0.1) is 5.92 Å². The van der Waals surface area contributed by atoms with Gasteiger partial charge < -0.3 is 5.32 Å². The second-order valence-corrected chi connectivity index (χ2v) is 6.99. The number of piperidine rings is 1. The van der Waals surface area contributed by atoms with Gasteiger partial charge in [0.05, 0.1) is 0 Å². The summed E-state index contributed by atoms with van der Waals surface area (Å²) in [4.78, 5) is 4.42. The molecule has 0 saturated carbocycles. The molecule has 0 amide bonds. The maximum Gasteiger partial charge on any atom is 0.0359 e. The first kappa shape index (κ1) is 13.6. The molecule has 1 aromatic rings. The van der Waals surface area contributed by atoms with Crippen LogP contribution < -0.4 is 5.32 Å². The van der Waals surface area contributed by atoms with Crippen LogP contribution in [0.1, 0.15) is 49.1 Å². The van der Waals surface area contributed by atoms with E-state index < -0.39 is 0 Å². The van der Waals surface area contributed by atoms with Crippen molar-refractivity contribution in [2.75, 3.05) is 26.2 Å². The van der Waals surface area contributed by atoms with Gasteiger partial charge in [0.1, 0.15) is 0 Å². The van der Waals surface area contributed by atoms with Crippen molar-refractivity contribution in [3.8, 4) is 0 Å². The fourth-order valence-electron chi connectivity index (χ4n) is 3.66. The topological polar surface area (TPSA) is 15.3 Å². The van der Waals surface area contributed by atoms with Gasteiger partial charge in [0.25, 0.3) is 0 Å². The van der Waals surface area contributed by atoms with E-state index in [2.05, 4.69) is 28.6 Å². The van der Waals surface area contributed by atoms with Crippen LogP contribution in [0.3, 0.4) is 0 Å². The average Bonchev–Trinajstić information content (AvgIpc) is 2.94. The van der Waals surface area contributed by atoms with Gasteiger partial charge in [-0.05, 0) is 81.2 Å². The molecule has 106 valence electrons. The Kier molecular flexibility index (Phi) is 4.57. The molecule has 1 unspecified atom stereocenters. The second kappa shape index (κ2) is 6.38. The number of hydrogen-bond acceptors (Lipinski definition) is 3. The first-order valence-electron chi connectivity index (χ1n) is 7.89. The maximum absolute atomic E-state index is 3.51. The van der Waals surface area contributed by atoms with Gasteiger partial charge in [-0.25, -0.2) is 0 Å². The molecule has 2 nitrogen and oxygen atoms in total. The van der Waals surface area contributed by atoms with Crippen LogP contribution in [0.2, 0.25) is 0 Å². The van der Waals surface area contributed by atoms with Crippen molar-refractivity contribution in [1.82, 2.24) is 10.2 Å². The Balaban J connectivity index is 1.58. The lowest BCUT2D eigenvalue weighted by Gasteiger charge is -2.39. The molecule has 2 aliphatic rings. The Morgan fingerprint density at radius 1 is 1.32 bits per heavy atom. The van der Waals surface area contributed by atoms with Crippen molar-refractivity contribution in [2.24, 2.45) is 5.92 Å². The lowest BCUT2D eigenvalue weighted by atomic mass is 9.89. The molecule has 1 atom stereocenters. The van der Waals surface area contributed by atoms with Crippen LogP contribution in [0.15, 0.2) is 11.4 Å². The molecular formula is C16H26N2S. The van der Waals surface area contributed by atoms with Crippen LogP contribution in [0.25, 0.3) is 0 Å². The molecule has 0 aromatic carbocycles. The van der Waals surface area contributed by atoms with Gasteiger partial charge in [-0.2, -0.15) is 0 Å². The number of hydrogen-bond donors (Lipinski definition) is 1. The molecule has 1 aromatic heterocycles. The van der Waals surface area contributed by atoms with E-state index in [1.807, 2.05) is 11.3 Å². The molecule has 1 aliphatic heterocycles. The summed E-state index contributed by atoms with van der Waals surface area (Å²) in [6.07, 6.45) is 6.84. The monoisotopic (exact) mass is 278 g/mol. The quantitative estimate of drug-likeness (QED) is 0.907. The number of nitrogens with one attached hydrogen (secondary N) is 1. The Morgan fingerprint density at radius 3 is 2.95 bits per heavy atom. The number of thiophene rings is 1. The van der Waals surface area contributed by atoms with E-state index in [9.17, 15) is 0 Å². The fourth-order valence-corrected chi connectivity index (χ4v) is 4.64. The summed E-state index contributed by atoms with van der Waals surface area (Å²) in [7, 11) is 0. The van der Waals surface area contributed by atoms with E-state index in [0.29, 0.717) is 0 Å². The van der Waals surface area contributed by atoms with Crippen LogP contribution in [-0.4, -0.2) is 31.1 Å². The predicted octanol–water partition coefficient (Wildman–Crippen LogP) is 3.45. The van der Waals surface area contributed by atoms with Crippen LogP contribution >= 0.6 is 11.3 Å². The molecule has 1 saturated heterocycles. The third-order valence-corrected chi connectivity index (χ3v) is 5.79. The van der Waals surface area contributed by atoms with Gasteiger partial charge in [-0.1, -0.05) is 6.92 Å². The number of likely N-dealkylation sites (tertiary alicyclic amines) is 1. The highest BCUT2D eigenvalue weighted by atomic mass is 32.1. The minimum atomic E-state index is 0.732. The fraction of sp³-hybridized carbons (Fsp3) is 0.750. The van der Waals surface area contributed by atoms with Crippen molar-refractivity contribution in [3.05, 3.63) is 21.9 Å². The summed E-state index contributed by atoms with van der Waals surface area (Å²) in [5, 5.41) is 5.80. The summed E-state index contributed by atoms with van der Waals surface area (Å²) in [6, 6.07) is 3.12. The second-order valence-electron chi connectivity index (χ2n) is 5.99.